The quantitative estimate of drug-likeness (QED) is 0.819. The second kappa shape index (κ2) is 7.62. The lowest BCUT2D eigenvalue weighted by atomic mass is 10.1. The van der Waals surface area contributed by atoms with Crippen molar-refractivity contribution >= 4 is 5.91 Å². The van der Waals surface area contributed by atoms with Crippen molar-refractivity contribution in [1.82, 2.24) is 10.2 Å². The largest absolute Gasteiger partial charge is 0.484 e. The third kappa shape index (κ3) is 4.45. The highest BCUT2D eigenvalue weighted by molar-refractivity contribution is 5.75. The SMILES string of the molecule is N#CC(c1ccc(OCC(N)=O)cc1)N1CCCNCC1. The van der Waals surface area contributed by atoms with E-state index in [4.69, 9.17) is 10.5 Å². The van der Waals surface area contributed by atoms with Gasteiger partial charge < -0.3 is 15.8 Å². The summed E-state index contributed by atoms with van der Waals surface area (Å²) in [6.07, 6.45) is 1.04. The zero-order valence-corrected chi connectivity index (χ0v) is 11.9. The van der Waals surface area contributed by atoms with Crippen molar-refractivity contribution in [3.63, 3.8) is 0 Å². The molecule has 0 bridgehead atoms. The molecule has 1 aliphatic rings. The summed E-state index contributed by atoms with van der Waals surface area (Å²) in [6.45, 7) is 3.52. The van der Waals surface area contributed by atoms with Crippen molar-refractivity contribution in [2.75, 3.05) is 32.8 Å². The van der Waals surface area contributed by atoms with Crippen LogP contribution in [0.25, 0.3) is 0 Å². The molecule has 1 aromatic rings. The molecule has 0 saturated carbocycles. The lowest BCUT2D eigenvalue weighted by Crippen LogP contribution is -2.31. The fourth-order valence-electron chi connectivity index (χ4n) is 2.39. The molecule has 6 nitrogen and oxygen atoms in total. The molecule has 21 heavy (non-hydrogen) atoms. The number of ether oxygens (including phenoxy) is 1. The number of carbonyl (C=O) groups is 1. The molecule has 1 heterocycles. The Hall–Kier alpha value is -2.10. The Balaban J connectivity index is 2.04. The van der Waals surface area contributed by atoms with Crippen LogP contribution in [0.2, 0.25) is 0 Å². The van der Waals surface area contributed by atoms with Crippen LogP contribution in [0, 0.1) is 11.3 Å². The number of nitrogens with two attached hydrogens (primary N) is 1. The van der Waals surface area contributed by atoms with E-state index in [0.29, 0.717) is 5.75 Å². The highest BCUT2D eigenvalue weighted by Crippen LogP contribution is 2.23. The lowest BCUT2D eigenvalue weighted by Gasteiger charge is -2.25. The summed E-state index contributed by atoms with van der Waals surface area (Å²) >= 11 is 0. The van der Waals surface area contributed by atoms with Gasteiger partial charge in [0, 0.05) is 19.6 Å². The molecule has 2 rings (SSSR count). The van der Waals surface area contributed by atoms with Gasteiger partial charge in [-0.1, -0.05) is 12.1 Å². The first-order valence-electron chi connectivity index (χ1n) is 7.06. The van der Waals surface area contributed by atoms with Gasteiger partial charge in [-0.15, -0.1) is 0 Å². The van der Waals surface area contributed by atoms with E-state index in [1.807, 2.05) is 12.1 Å². The van der Waals surface area contributed by atoms with Gasteiger partial charge in [0.05, 0.1) is 6.07 Å². The van der Waals surface area contributed by atoms with Gasteiger partial charge in [0.1, 0.15) is 11.8 Å². The summed E-state index contributed by atoms with van der Waals surface area (Å²) in [7, 11) is 0. The van der Waals surface area contributed by atoms with Gasteiger partial charge in [-0.2, -0.15) is 5.26 Å². The predicted octanol–water partition coefficient (Wildman–Crippen LogP) is 0.411. The smallest absolute Gasteiger partial charge is 0.255 e. The molecule has 1 aromatic carbocycles. The molecule has 1 saturated heterocycles. The fourth-order valence-corrected chi connectivity index (χ4v) is 2.39. The molecular weight excluding hydrogens is 268 g/mol. The molecule has 0 radical (unpaired) electrons. The van der Waals surface area contributed by atoms with E-state index in [-0.39, 0.29) is 12.6 Å². The number of nitrogens with zero attached hydrogens (tertiary/aromatic N) is 2. The molecule has 0 spiro atoms. The van der Waals surface area contributed by atoms with Gasteiger partial charge in [-0.05, 0) is 30.7 Å². The Bertz CT molecular complexity index is 501. The van der Waals surface area contributed by atoms with E-state index in [1.165, 1.54) is 0 Å². The van der Waals surface area contributed by atoms with Crippen LogP contribution in [0.4, 0.5) is 0 Å². The molecule has 1 atom stereocenters. The highest BCUT2D eigenvalue weighted by atomic mass is 16.5. The van der Waals surface area contributed by atoms with E-state index < -0.39 is 5.91 Å². The summed E-state index contributed by atoms with van der Waals surface area (Å²) < 4.78 is 5.22. The molecule has 112 valence electrons. The first-order chi connectivity index (χ1) is 10.2. The fraction of sp³-hybridized carbons (Fsp3) is 0.467. The second-order valence-electron chi connectivity index (χ2n) is 5.00. The number of hydrogen-bond donors (Lipinski definition) is 2. The van der Waals surface area contributed by atoms with Crippen molar-refractivity contribution < 1.29 is 9.53 Å². The van der Waals surface area contributed by atoms with Crippen LogP contribution >= 0.6 is 0 Å². The maximum absolute atomic E-state index is 10.7. The number of nitrogens with one attached hydrogen (secondary N) is 1. The van der Waals surface area contributed by atoms with Crippen molar-refractivity contribution in [3.05, 3.63) is 29.8 Å². The zero-order chi connectivity index (χ0) is 15.1. The van der Waals surface area contributed by atoms with Gasteiger partial charge in [0.2, 0.25) is 0 Å². The minimum atomic E-state index is -0.508. The second-order valence-corrected chi connectivity index (χ2v) is 5.00. The lowest BCUT2D eigenvalue weighted by molar-refractivity contribution is -0.119. The first-order valence-corrected chi connectivity index (χ1v) is 7.06. The minimum absolute atomic E-state index is 0.140. The van der Waals surface area contributed by atoms with E-state index in [2.05, 4.69) is 16.3 Å². The summed E-state index contributed by atoms with van der Waals surface area (Å²) in [5, 5.41) is 12.8. The van der Waals surface area contributed by atoms with Gasteiger partial charge >= 0.3 is 0 Å². The van der Waals surface area contributed by atoms with Crippen molar-refractivity contribution in [3.8, 4) is 11.8 Å². The molecule has 1 amide bonds. The van der Waals surface area contributed by atoms with Gasteiger partial charge in [0.25, 0.3) is 5.91 Å². The first kappa shape index (κ1) is 15.3. The number of primary amides is 1. The van der Waals surface area contributed by atoms with E-state index in [1.54, 1.807) is 12.1 Å². The summed E-state index contributed by atoms with van der Waals surface area (Å²) in [4.78, 5) is 12.9. The third-order valence-electron chi connectivity index (χ3n) is 3.44. The average Bonchev–Trinajstić information content (AvgIpc) is 2.76. The molecule has 3 N–H and O–H groups in total. The third-order valence-corrected chi connectivity index (χ3v) is 3.44. The number of hydrogen-bond acceptors (Lipinski definition) is 5. The summed E-state index contributed by atoms with van der Waals surface area (Å²) in [6, 6.07) is 9.37. The Morgan fingerprint density at radius 3 is 2.81 bits per heavy atom. The summed E-state index contributed by atoms with van der Waals surface area (Å²) in [5.41, 5.74) is 5.97. The molecule has 1 unspecified atom stereocenters. The van der Waals surface area contributed by atoms with Crippen molar-refractivity contribution in [2.24, 2.45) is 5.73 Å². The maximum Gasteiger partial charge on any atom is 0.255 e. The van der Waals surface area contributed by atoms with Crippen LogP contribution in [0.3, 0.4) is 0 Å². The van der Waals surface area contributed by atoms with E-state index in [9.17, 15) is 10.1 Å². The van der Waals surface area contributed by atoms with E-state index >= 15 is 0 Å². The van der Waals surface area contributed by atoms with Crippen molar-refractivity contribution in [2.45, 2.75) is 12.5 Å². The molecule has 1 fully saturated rings. The molecule has 0 aliphatic carbocycles. The standard InChI is InChI=1S/C15H20N4O2/c16-10-14(19-8-1-6-18-7-9-19)12-2-4-13(5-3-12)21-11-15(17)20/h2-5,14,18H,1,6-9,11H2,(H2,17,20). The number of nitriles is 1. The Morgan fingerprint density at radius 2 is 2.14 bits per heavy atom. The van der Waals surface area contributed by atoms with E-state index in [0.717, 1.165) is 38.2 Å². The molecule has 1 aliphatic heterocycles. The molecule has 0 aromatic heterocycles. The van der Waals surface area contributed by atoms with Crippen LogP contribution in [-0.2, 0) is 4.79 Å². The average molecular weight is 288 g/mol. The number of carbonyl (C=O) groups excluding carboxylic acids is 1. The number of benzene rings is 1. The summed E-state index contributed by atoms with van der Waals surface area (Å²) in [5.74, 6) is 0.0674. The number of amides is 1. The van der Waals surface area contributed by atoms with Crippen LogP contribution < -0.4 is 15.8 Å². The van der Waals surface area contributed by atoms with Gasteiger partial charge in [-0.25, -0.2) is 0 Å². The maximum atomic E-state index is 10.7. The Morgan fingerprint density at radius 1 is 1.38 bits per heavy atom. The van der Waals surface area contributed by atoms with Gasteiger partial charge in [0.15, 0.2) is 6.61 Å². The highest BCUT2D eigenvalue weighted by Gasteiger charge is 2.20. The molecular formula is C15H20N4O2. The van der Waals surface area contributed by atoms with Crippen molar-refractivity contribution in [1.29, 1.82) is 5.26 Å². The van der Waals surface area contributed by atoms with Crippen LogP contribution in [-0.4, -0.2) is 43.6 Å². The minimum Gasteiger partial charge on any atom is -0.484 e. The van der Waals surface area contributed by atoms with Gasteiger partial charge in [-0.3, -0.25) is 9.69 Å². The van der Waals surface area contributed by atoms with Crippen LogP contribution in [0.15, 0.2) is 24.3 Å². The molecule has 6 heteroatoms. The normalized spacial score (nSPS) is 17.5. The topological polar surface area (TPSA) is 91.4 Å². The Labute approximate surface area is 124 Å². The zero-order valence-electron chi connectivity index (χ0n) is 11.9. The Kier molecular flexibility index (Phi) is 5.55. The monoisotopic (exact) mass is 288 g/mol. The predicted molar refractivity (Wildman–Crippen MR) is 78.5 cm³/mol. The number of rotatable bonds is 5. The van der Waals surface area contributed by atoms with Crippen LogP contribution in [0.1, 0.15) is 18.0 Å². The van der Waals surface area contributed by atoms with Crippen LogP contribution in [0.5, 0.6) is 5.75 Å².